The molecule has 1 heterocycles. The molecule has 3 aromatic rings. The van der Waals surface area contributed by atoms with Crippen molar-refractivity contribution < 1.29 is 18.9 Å². The third-order valence-electron chi connectivity index (χ3n) is 3.50. The van der Waals surface area contributed by atoms with Crippen molar-refractivity contribution in [3.8, 4) is 5.75 Å². The average Bonchev–Trinajstić information content (AvgIpc) is 3.10. The standard InChI is InChI=1S/C18H12BrClN2O5/c19-11-5-7-16(13(20)9-11)26-10-12-6-8-17(27-12)18(23)21-14-3-1-2-4-15(14)22(24)25/h1-9H,10H2,(H,21,23). The number of para-hydroxylation sites is 2. The lowest BCUT2D eigenvalue weighted by Gasteiger charge is -2.06. The second-order valence-electron chi connectivity index (χ2n) is 5.36. The Labute approximate surface area is 167 Å². The molecule has 0 unspecified atom stereocenters. The number of anilines is 1. The van der Waals surface area contributed by atoms with Crippen LogP contribution in [0.15, 0.2) is 63.5 Å². The van der Waals surface area contributed by atoms with E-state index in [0.717, 1.165) is 4.47 Å². The molecule has 3 rings (SSSR count). The van der Waals surface area contributed by atoms with Crippen molar-refractivity contribution in [2.24, 2.45) is 0 Å². The summed E-state index contributed by atoms with van der Waals surface area (Å²) in [5.74, 6) is 0.287. The Morgan fingerprint density at radius 3 is 2.74 bits per heavy atom. The lowest BCUT2D eigenvalue weighted by molar-refractivity contribution is -0.383. The molecule has 2 aromatic carbocycles. The van der Waals surface area contributed by atoms with Gasteiger partial charge in [0, 0.05) is 10.5 Å². The smallest absolute Gasteiger partial charge is 0.292 e. The number of halogens is 2. The fourth-order valence-corrected chi connectivity index (χ4v) is 2.97. The molecule has 0 aliphatic carbocycles. The summed E-state index contributed by atoms with van der Waals surface area (Å²) >= 11 is 9.38. The topological polar surface area (TPSA) is 94.6 Å². The average molecular weight is 452 g/mol. The molecule has 138 valence electrons. The number of nitro groups is 1. The van der Waals surface area contributed by atoms with Crippen molar-refractivity contribution in [1.82, 2.24) is 0 Å². The van der Waals surface area contributed by atoms with E-state index in [1.54, 1.807) is 30.3 Å². The number of hydrogen-bond donors (Lipinski definition) is 1. The van der Waals surface area contributed by atoms with Crippen molar-refractivity contribution >= 4 is 44.8 Å². The Bertz CT molecular complexity index is 1000. The van der Waals surface area contributed by atoms with Crippen LogP contribution < -0.4 is 10.1 Å². The molecular formula is C18H12BrClN2O5. The van der Waals surface area contributed by atoms with Gasteiger partial charge in [-0.25, -0.2) is 0 Å². The zero-order valence-electron chi connectivity index (χ0n) is 13.6. The Hall–Kier alpha value is -2.84. The second kappa shape index (κ2) is 8.24. The van der Waals surface area contributed by atoms with Crippen molar-refractivity contribution in [1.29, 1.82) is 0 Å². The molecule has 0 aliphatic rings. The fourth-order valence-electron chi connectivity index (χ4n) is 2.24. The van der Waals surface area contributed by atoms with Crippen LogP contribution in [0, 0.1) is 10.1 Å². The van der Waals surface area contributed by atoms with E-state index in [2.05, 4.69) is 21.2 Å². The van der Waals surface area contributed by atoms with E-state index in [1.165, 1.54) is 24.3 Å². The van der Waals surface area contributed by atoms with Crippen LogP contribution >= 0.6 is 27.5 Å². The number of benzene rings is 2. The Balaban J connectivity index is 1.67. The molecule has 0 saturated carbocycles. The quantitative estimate of drug-likeness (QED) is 0.398. The predicted molar refractivity (Wildman–Crippen MR) is 103 cm³/mol. The normalized spacial score (nSPS) is 10.4. The van der Waals surface area contributed by atoms with Crippen LogP contribution in [0.5, 0.6) is 5.75 Å². The van der Waals surface area contributed by atoms with Crippen LogP contribution in [0.2, 0.25) is 5.02 Å². The fraction of sp³-hybridized carbons (Fsp3) is 0.0556. The summed E-state index contributed by atoms with van der Waals surface area (Å²) in [6.45, 7) is 0.0696. The molecular weight excluding hydrogens is 440 g/mol. The number of nitrogens with zero attached hydrogens (tertiary/aromatic N) is 1. The van der Waals surface area contributed by atoms with Crippen LogP contribution in [0.1, 0.15) is 16.3 Å². The summed E-state index contributed by atoms with van der Waals surface area (Å²) in [4.78, 5) is 22.7. The number of rotatable bonds is 6. The van der Waals surface area contributed by atoms with Gasteiger partial charge in [0.2, 0.25) is 0 Å². The van der Waals surface area contributed by atoms with E-state index >= 15 is 0 Å². The third kappa shape index (κ3) is 4.66. The Morgan fingerprint density at radius 1 is 1.22 bits per heavy atom. The van der Waals surface area contributed by atoms with E-state index in [1.807, 2.05) is 0 Å². The monoisotopic (exact) mass is 450 g/mol. The minimum atomic E-state index is -0.600. The highest BCUT2D eigenvalue weighted by Gasteiger charge is 2.18. The van der Waals surface area contributed by atoms with Crippen molar-refractivity contribution in [3.63, 3.8) is 0 Å². The van der Waals surface area contributed by atoms with Gasteiger partial charge in [-0.2, -0.15) is 0 Å². The molecule has 1 aromatic heterocycles. The molecule has 0 spiro atoms. The molecule has 1 amide bonds. The number of nitrogens with one attached hydrogen (secondary N) is 1. The van der Waals surface area contributed by atoms with Crippen molar-refractivity contribution in [2.75, 3.05) is 5.32 Å². The summed E-state index contributed by atoms with van der Waals surface area (Å²) in [5, 5.41) is 13.9. The lowest BCUT2D eigenvalue weighted by atomic mass is 10.2. The predicted octanol–water partition coefficient (Wildman–Crippen LogP) is 5.44. The number of furan rings is 1. The highest BCUT2D eigenvalue weighted by atomic mass is 79.9. The summed E-state index contributed by atoms with van der Waals surface area (Å²) in [5.41, 5.74) is -0.116. The van der Waals surface area contributed by atoms with E-state index in [4.69, 9.17) is 20.8 Å². The van der Waals surface area contributed by atoms with E-state index in [0.29, 0.717) is 16.5 Å². The maximum absolute atomic E-state index is 12.3. The van der Waals surface area contributed by atoms with E-state index in [9.17, 15) is 14.9 Å². The molecule has 0 atom stereocenters. The zero-order chi connectivity index (χ0) is 19.4. The van der Waals surface area contributed by atoms with Gasteiger partial charge in [0.25, 0.3) is 11.6 Å². The van der Waals surface area contributed by atoms with Crippen LogP contribution in [0.4, 0.5) is 11.4 Å². The summed E-state index contributed by atoms with van der Waals surface area (Å²) in [6.07, 6.45) is 0. The summed E-state index contributed by atoms with van der Waals surface area (Å²) in [6, 6.07) is 14.1. The number of hydrogen-bond acceptors (Lipinski definition) is 5. The van der Waals surface area contributed by atoms with Gasteiger partial charge in [0.05, 0.1) is 9.95 Å². The van der Waals surface area contributed by atoms with Gasteiger partial charge in [0.15, 0.2) is 5.76 Å². The maximum Gasteiger partial charge on any atom is 0.292 e. The van der Waals surface area contributed by atoms with Crippen LogP contribution in [0.25, 0.3) is 0 Å². The van der Waals surface area contributed by atoms with Gasteiger partial charge in [-0.3, -0.25) is 14.9 Å². The van der Waals surface area contributed by atoms with Gasteiger partial charge in [-0.05, 0) is 36.4 Å². The van der Waals surface area contributed by atoms with Gasteiger partial charge in [-0.1, -0.05) is 39.7 Å². The number of nitro benzene ring substituents is 1. The van der Waals surface area contributed by atoms with Crippen LogP contribution in [-0.2, 0) is 6.61 Å². The van der Waals surface area contributed by atoms with E-state index < -0.39 is 10.8 Å². The first-order valence-corrected chi connectivity index (χ1v) is 8.82. The van der Waals surface area contributed by atoms with E-state index in [-0.39, 0.29) is 23.7 Å². The Morgan fingerprint density at radius 2 is 2.00 bits per heavy atom. The Kier molecular flexibility index (Phi) is 5.78. The van der Waals surface area contributed by atoms with Gasteiger partial charge in [0.1, 0.15) is 23.8 Å². The van der Waals surface area contributed by atoms with Gasteiger partial charge in [-0.15, -0.1) is 0 Å². The first-order valence-electron chi connectivity index (χ1n) is 7.65. The molecule has 7 nitrogen and oxygen atoms in total. The number of carbonyl (C=O) groups excluding carboxylic acids is 1. The minimum Gasteiger partial charge on any atom is -0.484 e. The first-order chi connectivity index (χ1) is 12.9. The van der Waals surface area contributed by atoms with Crippen molar-refractivity contribution in [2.45, 2.75) is 6.61 Å². The number of ether oxygens (including phenoxy) is 1. The minimum absolute atomic E-state index is 0.00801. The van der Waals surface area contributed by atoms with Gasteiger partial charge < -0.3 is 14.5 Å². The largest absolute Gasteiger partial charge is 0.484 e. The number of amides is 1. The van der Waals surface area contributed by atoms with Gasteiger partial charge >= 0.3 is 0 Å². The van der Waals surface area contributed by atoms with Crippen molar-refractivity contribution in [3.05, 3.63) is 85.7 Å². The highest BCUT2D eigenvalue weighted by Crippen LogP contribution is 2.29. The molecule has 0 fully saturated rings. The second-order valence-corrected chi connectivity index (χ2v) is 6.68. The molecule has 0 saturated heterocycles. The maximum atomic E-state index is 12.3. The molecule has 0 aliphatic heterocycles. The molecule has 9 heteroatoms. The zero-order valence-corrected chi connectivity index (χ0v) is 16.0. The SMILES string of the molecule is O=C(Nc1ccccc1[N+](=O)[O-])c1ccc(COc2ccc(Br)cc2Cl)o1. The number of carbonyl (C=O) groups is 1. The lowest BCUT2D eigenvalue weighted by Crippen LogP contribution is -2.12. The van der Waals surface area contributed by atoms with Crippen LogP contribution in [-0.4, -0.2) is 10.8 Å². The molecule has 0 radical (unpaired) electrons. The molecule has 1 N–H and O–H groups in total. The molecule has 27 heavy (non-hydrogen) atoms. The van der Waals surface area contributed by atoms with Crippen LogP contribution in [0.3, 0.4) is 0 Å². The first kappa shape index (κ1) is 18.9. The third-order valence-corrected chi connectivity index (χ3v) is 4.29. The molecule has 0 bridgehead atoms. The summed E-state index contributed by atoms with van der Waals surface area (Å²) in [7, 11) is 0. The summed E-state index contributed by atoms with van der Waals surface area (Å²) < 4.78 is 11.8. The highest BCUT2D eigenvalue weighted by molar-refractivity contribution is 9.10.